The zero-order valence-corrected chi connectivity index (χ0v) is 55.6. The molecule has 12 N–H and O–H groups in total. The SMILES string of the molecule is CCCCCCC/C=C\C/C=C\CCCCCCCCCCCC(=O)NC(COC1OC(CO)C(OC2OC(CO)C(OC3OC(CO)C(O)C(O)C3O)C(O)C2O)C(O)C1O)C(O)/C=C/CC/C=C/CCCCCCCCCCCCCCCCCCCC. The molecule has 19 heteroatoms. The number of unbranched alkanes of at least 4 members (excludes halogenated alkanes) is 33. The first-order chi connectivity index (χ1) is 43.8. The van der Waals surface area contributed by atoms with Crippen LogP contribution in [-0.4, -0.2) is 193 Å². The van der Waals surface area contributed by atoms with E-state index in [0.717, 1.165) is 57.8 Å². The molecule has 0 aliphatic carbocycles. The minimum absolute atomic E-state index is 0.230. The highest BCUT2D eigenvalue weighted by Gasteiger charge is 2.53. The van der Waals surface area contributed by atoms with Gasteiger partial charge in [0.2, 0.25) is 5.91 Å². The zero-order valence-electron chi connectivity index (χ0n) is 55.6. The molecule has 3 aliphatic rings. The number of hydrogen-bond acceptors (Lipinski definition) is 18. The molecule has 1 amide bonds. The van der Waals surface area contributed by atoms with Gasteiger partial charge in [0.25, 0.3) is 0 Å². The summed E-state index contributed by atoms with van der Waals surface area (Å²) in [5, 5.41) is 121. The molecule has 0 bridgehead atoms. The average Bonchev–Trinajstić information content (AvgIpc) is 0.853. The minimum atomic E-state index is -1.98. The van der Waals surface area contributed by atoms with Crippen LogP contribution in [0, 0.1) is 0 Å². The minimum Gasteiger partial charge on any atom is -0.394 e. The molecule has 0 aromatic rings. The lowest BCUT2D eigenvalue weighted by Crippen LogP contribution is -2.66. The normalized spacial score (nSPS) is 28.3. The molecule has 526 valence electrons. The van der Waals surface area contributed by atoms with E-state index < -0.39 is 124 Å². The van der Waals surface area contributed by atoms with Crippen LogP contribution < -0.4 is 5.32 Å². The van der Waals surface area contributed by atoms with Gasteiger partial charge in [-0.15, -0.1) is 0 Å². The molecule has 3 rings (SSSR count). The van der Waals surface area contributed by atoms with E-state index in [9.17, 15) is 61.0 Å². The predicted octanol–water partition coefficient (Wildman–Crippen LogP) is 9.78. The van der Waals surface area contributed by atoms with Gasteiger partial charge in [-0.3, -0.25) is 4.79 Å². The highest BCUT2D eigenvalue weighted by Crippen LogP contribution is 2.33. The molecule has 3 heterocycles. The van der Waals surface area contributed by atoms with Gasteiger partial charge in [-0.05, 0) is 64.2 Å². The maximum Gasteiger partial charge on any atom is 0.220 e. The van der Waals surface area contributed by atoms with Crippen LogP contribution in [0.1, 0.15) is 264 Å². The zero-order chi connectivity index (χ0) is 65.4. The van der Waals surface area contributed by atoms with Gasteiger partial charge >= 0.3 is 0 Å². The van der Waals surface area contributed by atoms with Crippen LogP contribution in [0.15, 0.2) is 48.6 Å². The van der Waals surface area contributed by atoms with Crippen molar-refractivity contribution in [3.8, 4) is 0 Å². The molecule has 0 spiro atoms. The number of carbonyl (C=O) groups is 1. The molecule has 90 heavy (non-hydrogen) atoms. The van der Waals surface area contributed by atoms with Crippen molar-refractivity contribution in [2.24, 2.45) is 0 Å². The molecule has 3 aliphatic heterocycles. The van der Waals surface area contributed by atoms with Crippen molar-refractivity contribution in [3.63, 3.8) is 0 Å². The Bertz CT molecular complexity index is 1820. The third-order valence-corrected chi connectivity index (χ3v) is 17.8. The van der Waals surface area contributed by atoms with Crippen LogP contribution in [0.25, 0.3) is 0 Å². The highest BCUT2D eigenvalue weighted by atomic mass is 16.8. The fraction of sp³-hybridized carbons (Fsp3) is 0.873. The van der Waals surface area contributed by atoms with Crippen LogP contribution in [0.5, 0.6) is 0 Å². The molecule has 0 aromatic heterocycles. The number of aliphatic hydroxyl groups excluding tert-OH is 11. The van der Waals surface area contributed by atoms with Gasteiger partial charge in [0.15, 0.2) is 18.9 Å². The van der Waals surface area contributed by atoms with E-state index in [0.29, 0.717) is 12.8 Å². The number of nitrogens with one attached hydrogen (secondary N) is 1. The lowest BCUT2D eigenvalue weighted by molar-refractivity contribution is -0.379. The van der Waals surface area contributed by atoms with Crippen LogP contribution in [-0.2, 0) is 33.2 Å². The molecule has 0 radical (unpaired) electrons. The third kappa shape index (κ3) is 34.4. The van der Waals surface area contributed by atoms with Crippen molar-refractivity contribution in [2.45, 2.75) is 369 Å². The van der Waals surface area contributed by atoms with Gasteiger partial charge in [-0.25, -0.2) is 0 Å². The number of aliphatic hydroxyl groups is 11. The molecular weight excluding hydrogens is 1150 g/mol. The van der Waals surface area contributed by atoms with E-state index in [4.69, 9.17) is 28.4 Å². The Kier molecular flexibility index (Phi) is 48.2. The maximum absolute atomic E-state index is 13.4. The number of carbonyl (C=O) groups excluding carboxylic acids is 1. The number of allylic oxidation sites excluding steroid dienone is 7. The summed E-state index contributed by atoms with van der Waals surface area (Å²) in [6, 6.07) is -0.994. The largest absolute Gasteiger partial charge is 0.394 e. The monoisotopic (exact) mass is 1280 g/mol. The van der Waals surface area contributed by atoms with E-state index in [1.807, 2.05) is 6.08 Å². The van der Waals surface area contributed by atoms with Gasteiger partial charge in [0.05, 0.1) is 38.6 Å². The molecule has 3 fully saturated rings. The number of hydrogen-bond donors (Lipinski definition) is 12. The van der Waals surface area contributed by atoms with Crippen molar-refractivity contribution in [1.29, 1.82) is 0 Å². The van der Waals surface area contributed by atoms with Crippen molar-refractivity contribution in [1.82, 2.24) is 5.32 Å². The third-order valence-electron chi connectivity index (χ3n) is 17.8. The first-order valence-corrected chi connectivity index (χ1v) is 35.9. The van der Waals surface area contributed by atoms with E-state index in [2.05, 4.69) is 55.6 Å². The van der Waals surface area contributed by atoms with Gasteiger partial charge in [-0.1, -0.05) is 242 Å². The quantitative estimate of drug-likeness (QED) is 0.0199. The molecule has 19 nitrogen and oxygen atoms in total. The van der Waals surface area contributed by atoms with Crippen LogP contribution in [0.3, 0.4) is 0 Å². The van der Waals surface area contributed by atoms with Crippen LogP contribution in [0.2, 0.25) is 0 Å². The second kappa shape index (κ2) is 53.0. The summed E-state index contributed by atoms with van der Waals surface area (Å²) in [4.78, 5) is 13.4. The van der Waals surface area contributed by atoms with Gasteiger partial charge in [-0.2, -0.15) is 0 Å². The summed E-state index contributed by atoms with van der Waals surface area (Å²) in [5.41, 5.74) is 0. The Morgan fingerprint density at radius 2 is 0.744 bits per heavy atom. The van der Waals surface area contributed by atoms with E-state index >= 15 is 0 Å². The Morgan fingerprint density at radius 3 is 1.18 bits per heavy atom. The summed E-state index contributed by atoms with van der Waals surface area (Å²) < 4.78 is 34.4. The lowest BCUT2D eigenvalue weighted by atomic mass is 9.96. The Balaban J connectivity index is 1.45. The molecule has 3 saturated heterocycles. The van der Waals surface area contributed by atoms with Crippen molar-refractivity contribution >= 4 is 5.91 Å². The summed E-state index contributed by atoms with van der Waals surface area (Å²) >= 11 is 0. The number of rotatable bonds is 55. The predicted molar refractivity (Wildman–Crippen MR) is 351 cm³/mol. The highest BCUT2D eigenvalue weighted by molar-refractivity contribution is 5.76. The molecule has 17 atom stereocenters. The first kappa shape index (κ1) is 82.0. The summed E-state index contributed by atoms with van der Waals surface area (Å²) in [6.45, 7) is 1.72. The summed E-state index contributed by atoms with van der Waals surface area (Å²) in [7, 11) is 0. The fourth-order valence-corrected chi connectivity index (χ4v) is 12.0. The van der Waals surface area contributed by atoms with Gasteiger partial charge < -0.3 is 89.9 Å². The second-order valence-corrected chi connectivity index (χ2v) is 25.7. The molecule has 0 aromatic carbocycles. The smallest absolute Gasteiger partial charge is 0.220 e. The van der Waals surface area contributed by atoms with Gasteiger partial charge in [0.1, 0.15) is 73.2 Å². The number of amides is 1. The lowest BCUT2D eigenvalue weighted by Gasteiger charge is -2.48. The number of ether oxygens (including phenoxy) is 6. The average molecular weight is 1280 g/mol. The standard InChI is InChI=1S/C71H129NO18/c1-3-5-7-9-11-13-15-17-19-21-23-25-26-27-29-30-32-34-36-38-40-42-44-46-48-55(76)54(72-59(77)49-47-45-43-41-39-37-35-33-31-28-24-22-20-18-16-14-12-10-8-6-4-2)53-85-69-65(83)62(80)67(57(51-74)87-69)90-71-66(84)63(81)68(58(52-75)88-71)89-70-64(82)61(79)60(78)56(50-73)86-70/h16,18,22,24,38,40,46,48,54-58,60-71,73-76,78-84H,3-15,17,19-21,23,25-37,39,41-45,47,49-53H2,1-2H3,(H,72,77)/b18-16-,24-22-,40-38+,48-46+. The maximum atomic E-state index is 13.4. The molecule has 17 unspecified atom stereocenters. The Morgan fingerprint density at radius 1 is 0.400 bits per heavy atom. The van der Waals surface area contributed by atoms with E-state index in [1.54, 1.807) is 6.08 Å². The summed E-state index contributed by atoms with van der Waals surface area (Å²) in [6.07, 6.45) is 36.6. The topological polar surface area (TPSA) is 307 Å². The van der Waals surface area contributed by atoms with E-state index in [1.165, 1.54) is 173 Å². The van der Waals surface area contributed by atoms with Crippen molar-refractivity contribution in [2.75, 3.05) is 26.4 Å². The molecular formula is C71H129NO18. The fourth-order valence-electron chi connectivity index (χ4n) is 12.0. The van der Waals surface area contributed by atoms with E-state index in [-0.39, 0.29) is 18.9 Å². The van der Waals surface area contributed by atoms with Crippen molar-refractivity contribution in [3.05, 3.63) is 48.6 Å². The van der Waals surface area contributed by atoms with Crippen LogP contribution >= 0.6 is 0 Å². The van der Waals surface area contributed by atoms with Crippen LogP contribution in [0.4, 0.5) is 0 Å². The molecule has 0 saturated carbocycles. The first-order valence-electron chi connectivity index (χ1n) is 35.9. The Labute approximate surface area is 542 Å². The van der Waals surface area contributed by atoms with Crippen molar-refractivity contribution < 1.29 is 89.4 Å². The second-order valence-electron chi connectivity index (χ2n) is 25.7. The Hall–Kier alpha value is -2.25. The van der Waals surface area contributed by atoms with Gasteiger partial charge in [0, 0.05) is 6.42 Å². The summed E-state index contributed by atoms with van der Waals surface area (Å²) in [5.74, 6) is -0.288.